The summed E-state index contributed by atoms with van der Waals surface area (Å²) in [5.41, 5.74) is 1.42. The third-order valence-electron chi connectivity index (χ3n) is 2.50. The minimum Gasteiger partial charge on any atom is -0.504 e. The highest BCUT2D eigenvalue weighted by Gasteiger charge is 2.16. The van der Waals surface area contributed by atoms with Gasteiger partial charge in [0.25, 0.3) is 0 Å². The lowest BCUT2D eigenvalue weighted by Crippen LogP contribution is -2.12. The molecule has 0 aliphatic carbocycles. The SMILES string of the molecule is CC(Cc1ccc2ncoc2c1O)C(=O)O. The van der Waals surface area contributed by atoms with Gasteiger partial charge in [-0.1, -0.05) is 13.0 Å². The molecule has 1 atom stereocenters. The summed E-state index contributed by atoms with van der Waals surface area (Å²) in [6.07, 6.45) is 1.51. The highest BCUT2D eigenvalue weighted by molar-refractivity contribution is 5.80. The molecule has 2 aromatic rings. The second kappa shape index (κ2) is 3.84. The number of rotatable bonds is 3. The molecule has 1 heterocycles. The first-order valence-corrected chi connectivity index (χ1v) is 4.86. The van der Waals surface area contributed by atoms with E-state index in [1.807, 2.05) is 0 Å². The van der Waals surface area contributed by atoms with Crippen molar-refractivity contribution in [3.8, 4) is 5.75 Å². The molecule has 5 heteroatoms. The van der Waals surface area contributed by atoms with Gasteiger partial charge in [-0.3, -0.25) is 4.79 Å². The summed E-state index contributed by atoms with van der Waals surface area (Å²) in [6, 6.07) is 3.36. The number of benzene rings is 1. The number of oxazole rings is 1. The van der Waals surface area contributed by atoms with Crippen molar-refractivity contribution in [3.63, 3.8) is 0 Å². The maximum atomic E-state index is 10.7. The Morgan fingerprint density at radius 3 is 3.00 bits per heavy atom. The monoisotopic (exact) mass is 221 g/mol. The Bertz CT molecular complexity index is 532. The van der Waals surface area contributed by atoms with E-state index in [1.165, 1.54) is 6.39 Å². The van der Waals surface area contributed by atoms with Gasteiger partial charge >= 0.3 is 5.97 Å². The predicted octanol–water partition coefficient (Wildman–Crippen LogP) is 1.80. The normalized spacial score (nSPS) is 12.8. The molecule has 1 unspecified atom stereocenters. The van der Waals surface area contributed by atoms with Crippen LogP contribution in [0.5, 0.6) is 5.75 Å². The van der Waals surface area contributed by atoms with Crippen molar-refractivity contribution in [2.45, 2.75) is 13.3 Å². The maximum absolute atomic E-state index is 10.7. The van der Waals surface area contributed by atoms with E-state index in [-0.39, 0.29) is 12.2 Å². The van der Waals surface area contributed by atoms with Gasteiger partial charge in [0.2, 0.25) is 0 Å². The second-order valence-electron chi connectivity index (χ2n) is 3.72. The fraction of sp³-hybridized carbons (Fsp3) is 0.273. The van der Waals surface area contributed by atoms with E-state index >= 15 is 0 Å². The van der Waals surface area contributed by atoms with Crippen LogP contribution in [-0.2, 0) is 11.2 Å². The first kappa shape index (κ1) is 10.5. The van der Waals surface area contributed by atoms with Crippen molar-refractivity contribution in [1.82, 2.24) is 4.98 Å². The van der Waals surface area contributed by atoms with Crippen LogP contribution >= 0.6 is 0 Å². The Kier molecular flexibility index (Phi) is 2.52. The smallest absolute Gasteiger partial charge is 0.306 e. The summed E-state index contributed by atoms with van der Waals surface area (Å²) in [6.45, 7) is 1.59. The molecular weight excluding hydrogens is 210 g/mol. The molecular formula is C11H11NO4. The Balaban J connectivity index is 2.37. The van der Waals surface area contributed by atoms with Gasteiger partial charge in [0.1, 0.15) is 5.52 Å². The number of phenolic OH excluding ortho intramolecular Hbond substituents is 1. The lowest BCUT2D eigenvalue weighted by Gasteiger charge is -2.07. The number of hydrogen-bond donors (Lipinski definition) is 2. The quantitative estimate of drug-likeness (QED) is 0.825. The number of nitrogens with zero attached hydrogens (tertiary/aromatic N) is 1. The lowest BCUT2D eigenvalue weighted by atomic mass is 10.0. The summed E-state index contributed by atoms with van der Waals surface area (Å²) in [7, 11) is 0. The highest BCUT2D eigenvalue weighted by Crippen LogP contribution is 2.29. The van der Waals surface area contributed by atoms with Crippen LogP contribution in [0.15, 0.2) is 22.9 Å². The standard InChI is InChI=1S/C11H11NO4/c1-6(11(14)15)4-7-2-3-8-10(9(7)13)16-5-12-8/h2-3,5-6,13H,4H2,1H3,(H,14,15). The average Bonchev–Trinajstić information content (AvgIpc) is 2.70. The molecule has 0 spiro atoms. The van der Waals surface area contributed by atoms with Crippen molar-refractivity contribution >= 4 is 17.1 Å². The van der Waals surface area contributed by atoms with Gasteiger partial charge in [-0.2, -0.15) is 0 Å². The molecule has 1 aromatic heterocycles. The molecule has 0 aliphatic heterocycles. The van der Waals surface area contributed by atoms with Gasteiger partial charge in [0.15, 0.2) is 17.7 Å². The molecule has 16 heavy (non-hydrogen) atoms. The molecule has 0 saturated heterocycles. The van der Waals surface area contributed by atoms with E-state index in [1.54, 1.807) is 19.1 Å². The Labute approximate surface area is 91.3 Å². The minimum absolute atomic E-state index is 0.0249. The van der Waals surface area contributed by atoms with E-state index in [0.717, 1.165) is 0 Å². The van der Waals surface area contributed by atoms with Crippen LogP contribution in [0.25, 0.3) is 11.1 Å². The van der Waals surface area contributed by atoms with Gasteiger partial charge in [0, 0.05) is 0 Å². The molecule has 2 rings (SSSR count). The van der Waals surface area contributed by atoms with Crippen LogP contribution in [0, 0.1) is 5.92 Å². The van der Waals surface area contributed by atoms with Crippen molar-refractivity contribution in [2.75, 3.05) is 0 Å². The largest absolute Gasteiger partial charge is 0.504 e. The highest BCUT2D eigenvalue weighted by atomic mass is 16.4. The average molecular weight is 221 g/mol. The van der Waals surface area contributed by atoms with Crippen LogP contribution < -0.4 is 0 Å². The molecule has 0 saturated carbocycles. The number of phenols is 1. The predicted molar refractivity (Wildman–Crippen MR) is 56.2 cm³/mol. The first-order chi connectivity index (χ1) is 7.59. The molecule has 2 N–H and O–H groups in total. The first-order valence-electron chi connectivity index (χ1n) is 4.86. The van der Waals surface area contributed by atoms with Gasteiger partial charge < -0.3 is 14.6 Å². The third kappa shape index (κ3) is 1.71. The van der Waals surface area contributed by atoms with E-state index in [2.05, 4.69) is 4.98 Å². The van der Waals surface area contributed by atoms with Crippen LogP contribution in [0.2, 0.25) is 0 Å². The summed E-state index contributed by atoms with van der Waals surface area (Å²) >= 11 is 0. The number of aromatic hydroxyl groups is 1. The lowest BCUT2D eigenvalue weighted by molar-refractivity contribution is -0.141. The Morgan fingerprint density at radius 1 is 1.56 bits per heavy atom. The number of carboxylic acid groups (broad SMARTS) is 1. The molecule has 0 fully saturated rings. The molecule has 5 nitrogen and oxygen atoms in total. The van der Waals surface area contributed by atoms with Crippen LogP contribution in [0.3, 0.4) is 0 Å². The molecule has 0 radical (unpaired) electrons. The number of carboxylic acids is 1. The van der Waals surface area contributed by atoms with Gasteiger partial charge in [-0.25, -0.2) is 4.98 Å². The van der Waals surface area contributed by atoms with Crippen LogP contribution in [0.1, 0.15) is 12.5 Å². The number of aliphatic carboxylic acids is 1. The Morgan fingerprint density at radius 2 is 2.31 bits per heavy atom. The fourth-order valence-electron chi connectivity index (χ4n) is 1.54. The van der Waals surface area contributed by atoms with Crippen molar-refractivity contribution in [1.29, 1.82) is 0 Å². The van der Waals surface area contributed by atoms with Crippen molar-refractivity contribution in [3.05, 3.63) is 24.1 Å². The fourth-order valence-corrected chi connectivity index (χ4v) is 1.54. The van der Waals surface area contributed by atoms with Gasteiger partial charge in [-0.15, -0.1) is 0 Å². The van der Waals surface area contributed by atoms with Gasteiger partial charge in [-0.05, 0) is 18.1 Å². The number of fused-ring (bicyclic) bond motifs is 1. The molecule has 0 bridgehead atoms. The number of carbonyl (C=O) groups is 1. The molecule has 84 valence electrons. The van der Waals surface area contributed by atoms with Gasteiger partial charge in [0.05, 0.1) is 5.92 Å². The summed E-state index contributed by atoms with van der Waals surface area (Å²) < 4.78 is 5.02. The summed E-state index contributed by atoms with van der Waals surface area (Å²) in [5.74, 6) is -1.47. The number of hydrogen-bond acceptors (Lipinski definition) is 4. The topological polar surface area (TPSA) is 83.6 Å². The van der Waals surface area contributed by atoms with Crippen LogP contribution in [-0.4, -0.2) is 21.2 Å². The van der Waals surface area contributed by atoms with Crippen molar-refractivity contribution in [2.24, 2.45) is 5.92 Å². The van der Waals surface area contributed by atoms with Crippen molar-refractivity contribution < 1.29 is 19.4 Å². The Hall–Kier alpha value is -2.04. The molecule has 1 aromatic carbocycles. The van der Waals surface area contributed by atoms with E-state index < -0.39 is 11.9 Å². The minimum atomic E-state index is -0.892. The molecule has 0 aliphatic rings. The van der Waals surface area contributed by atoms with Crippen LogP contribution in [0.4, 0.5) is 0 Å². The summed E-state index contributed by atoms with van der Waals surface area (Å²) in [4.78, 5) is 14.6. The zero-order valence-electron chi connectivity index (χ0n) is 8.67. The second-order valence-corrected chi connectivity index (χ2v) is 3.72. The number of aromatic nitrogens is 1. The maximum Gasteiger partial charge on any atom is 0.306 e. The summed E-state index contributed by atoms with van der Waals surface area (Å²) in [5, 5.41) is 18.6. The van der Waals surface area contributed by atoms with E-state index in [0.29, 0.717) is 16.7 Å². The van der Waals surface area contributed by atoms with E-state index in [9.17, 15) is 9.90 Å². The zero-order valence-corrected chi connectivity index (χ0v) is 8.67. The molecule has 0 amide bonds. The van der Waals surface area contributed by atoms with E-state index in [4.69, 9.17) is 9.52 Å². The zero-order chi connectivity index (χ0) is 11.7. The third-order valence-corrected chi connectivity index (χ3v) is 2.50.